The van der Waals surface area contributed by atoms with Gasteiger partial charge in [-0.25, -0.2) is 4.98 Å². The zero-order chi connectivity index (χ0) is 14.8. The molecular weight excluding hydrogens is 291 g/mol. The minimum Gasteiger partial charge on any atom is -0.298 e. The summed E-state index contributed by atoms with van der Waals surface area (Å²) in [6.45, 7) is 0. The minimum atomic E-state index is -4.51. The van der Waals surface area contributed by atoms with Gasteiger partial charge in [0, 0.05) is 5.56 Å². The van der Waals surface area contributed by atoms with Gasteiger partial charge in [-0.05, 0) is 18.2 Å². The Balaban J connectivity index is 2.19. The van der Waals surface area contributed by atoms with Crippen LogP contribution in [0, 0.1) is 11.3 Å². The predicted octanol–water partition coefficient (Wildman–Crippen LogP) is 3.29. The van der Waals surface area contributed by atoms with Crippen molar-refractivity contribution in [1.82, 2.24) is 4.98 Å². The minimum absolute atomic E-state index is 0.131. The van der Waals surface area contributed by atoms with E-state index in [4.69, 9.17) is 5.26 Å². The highest BCUT2D eigenvalue weighted by Crippen LogP contribution is 2.29. The van der Waals surface area contributed by atoms with E-state index in [0.717, 1.165) is 29.5 Å². The Bertz CT molecular complexity index is 688. The number of amides is 1. The molecule has 0 saturated heterocycles. The number of benzene rings is 1. The highest BCUT2D eigenvalue weighted by molar-refractivity contribution is 7.16. The Morgan fingerprint density at radius 3 is 2.75 bits per heavy atom. The quantitative estimate of drug-likeness (QED) is 0.925. The number of halogens is 3. The van der Waals surface area contributed by atoms with Crippen LogP contribution >= 0.6 is 11.3 Å². The van der Waals surface area contributed by atoms with E-state index >= 15 is 0 Å². The summed E-state index contributed by atoms with van der Waals surface area (Å²) in [5.41, 5.74) is -1.03. The molecule has 102 valence electrons. The van der Waals surface area contributed by atoms with E-state index in [2.05, 4.69) is 10.3 Å². The van der Waals surface area contributed by atoms with E-state index in [1.165, 1.54) is 12.3 Å². The van der Waals surface area contributed by atoms with Crippen molar-refractivity contribution in [2.24, 2.45) is 0 Å². The first kappa shape index (κ1) is 14.0. The predicted molar refractivity (Wildman–Crippen MR) is 66.2 cm³/mol. The third kappa shape index (κ3) is 3.13. The van der Waals surface area contributed by atoms with Crippen LogP contribution in [0.25, 0.3) is 0 Å². The van der Waals surface area contributed by atoms with Crippen LogP contribution in [0.4, 0.5) is 18.3 Å². The molecule has 0 bridgehead atoms. The van der Waals surface area contributed by atoms with Gasteiger partial charge in [-0.15, -0.1) is 0 Å². The zero-order valence-electron chi connectivity index (χ0n) is 9.73. The molecule has 0 aliphatic carbocycles. The van der Waals surface area contributed by atoms with Crippen molar-refractivity contribution in [3.05, 3.63) is 46.5 Å². The highest BCUT2D eigenvalue weighted by atomic mass is 32.1. The number of anilines is 1. The lowest BCUT2D eigenvalue weighted by atomic mass is 10.1. The van der Waals surface area contributed by atoms with Gasteiger partial charge in [0.25, 0.3) is 5.91 Å². The molecular formula is C12H6F3N3OS. The molecule has 20 heavy (non-hydrogen) atoms. The third-order valence-corrected chi connectivity index (χ3v) is 3.11. The number of nitriles is 1. The first-order valence-corrected chi connectivity index (χ1v) is 6.06. The number of nitrogens with zero attached hydrogens (tertiary/aromatic N) is 2. The van der Waals surface area contributed by atoms with Crippen molar-refractivity contribution >= 4 is 22.4 Å². The summed E-state index contributed by atoms with van der Waals surface area (Å²) in [6.07, 6.45) is -3.24. The topological polar surface area (TPSA) is 65.8 Å². The number of carbonyl (C=O) groups excluding carboxylic acids is 1. The monoisotopic (exact) mass is 297 g/mol. The molecule has 0 radical (unpaired) electrons. The van der Waals surface area contributed by atoms with Gasteiger partial charge in [0.1, 0.15) is 10.9 Å². The van der Waals surface area contributed by atoms with Crippen molar-refractivity contribution in [1.29, 1.82) is 5.26 Å². The second-order valence-corrected chi connectivity index (χ2v) is 4.70. The Morgan fingerprint density at radius 1 is 1.40 bits per heavy atom. The molecule has 0 spiro atoms. The van der Waals surface area contributed by atoms with Crippen molar-refractivity contribution in [3.63, 3.8) is 0 Å². The van der Waals surface area contributed by atoms with Gasteiger partial charge < -0.3 is 0 Å². The summed E-state index contributed by atoms with van der Waals surface area (Å²) in [5, 5.41) is 11.1. The molecule has 1 aromatic carbocycles. The average Bonchev–Trinajstić information content (AvgIpc) is 2.85. The first-order chi connectivity index (χ1) is 9.40. The SMILES string of the molecule is N#Cc1cnc(NC(=O)c2cccc(C(F)(F)F)c2)s1. The van der Waals surface area contributed by atoms with Crippen LogP contribution in [-0.2, 0) is 6.18 Å². The van der Waals surface area contributed by atoms with Crippen LogP contribution in [0.3, 0.4) is 0 Å². The van der Waals surface area contributed by atoms with E-state index in [1.54, 1.807) is 0 Å². The Labute approximate surface area is 115 Å². The second-order valence-electron chi connectivity index (χ2n) is 3.67. The Kier molecular flexibility index (Phi) is 3.72. The lowest BCUT2D eigenvalue weighted by Crippen LogP contribution is -2.13. The maximum absolute atomic E-state index is 12.5. The van der Waals surface area contributed by atoms with Gasteiger partial charge in [-0.3, -0.25) is 10.1 Å². The summed E-state index contributed by atoms with van der Waals surface area (Å²) < 4.78 is 37.6. The molecule has 2 aromatic rings. The van der Waals surface area contributed by atoms with Crippen molar-refractivity contribution in [2.45, 2.75) is 6.18 Å². The van der Waals surface area contributed by atoms with E-state index < -0.39 is 17.6 Å². The molecule has 0 atom stereocenters. The van der Waals surface area contributed by atoms with Gasteiger partial charge in [-0.1, -0.05) is 17.4 Å². The number of carbonyl (C=O) groups is 1. The van der Waals surface area contributed by atoms with Crippen LogP contribution in [-0.4, -0.2) is 10.9 Å². The summed E-state index contributed by atoms with van der Waals surface area (Å²) in [4.78, 5) is 15.9. The molecule has 0 fully saturated rings. The number of nitrogens with one attached hydrogen (secondary N) is 1. The van der Waals surface area contributed by atoms with Crippen LogP contribution < -0.4 is 5.32 Å². The molecule has 0 saturated carbocycles. The van der Waals surface area contributed by atoms with E-state index in [9.17, 15) is 18.0 Å². The lowest BCUT2D eigenvalue weighted by molar-refractivity contribution is -0.137. The Hall–Kier alpha value is -2.40. The number of rotatable bonds is 2. The average molecular weight is 297 g/mol. The molecule has 2 rings (SSSR count). The number of hydrogen-bond acceptors (Lipinski definition) is 4. The smallest absolute Gasteiger partial charge is 0.298 e. The summed E-state index contributed by atoms with van der Waals surface area (Å²) >= 11 is 0.939. The maximum atomic E-state index is 12.5. The van der Waals surface area contributed by atoms with Crippen molar-refractivity contribution in [3.8, 4) is 6.07 Å². The Morgan fingerprint density at radius 2 is 2.15 bits per heavy atom. The molecule has 1 N–H and O–H groups in total. The fourth-order valence-electron chi connectivity index (χ4n) is 1.39. The van der Waals surface area contributed by atoms with Crippen molar-refractivity contribution in [2.75, 3.05) is 5.32 Å². The standard InChI is InChI=1S/C12H6F3N3OS/c13-12(14,15)8-3-1-2-7(4-8)10(19)18-11-17-6-9(5-16)20-11/h1-4,6H,(H,17,18,19). The lowest BCUT2D eigenvalue weighted by Gasteiger charge is -2.08. The summed E-state index contributed by atoms with van der Waals surface area (Å²) in [6, 6.07) is 5.91. The normalized spacial score (nSPS) is 10.9. The molecule has 0 aliphatic heterocycles. The van der Waals surface area contributed by atoms with Gasteiger partial charge >= 0.3 is 6.18 Å². The van der Waals surface area contributed by atoms with Crippen LogP contribution in [0.2, 0.25) is 0 Å². The van der Waals surface area contributed by atoms with Crippen molar-refractivity contribution < 1.29 is 18.0 Å². The molecule has 4 nitrogen and oxygen atoms in total. The molecule has 1 amide bonds. The maximum Gasteiger partial charge on any atom is 0.416 e. The van der Waals surface area contributed by atoms with Gasteiger partial charge in [-0.2, -0.15) is 18.4 Å². The first-order valence-electron chi connectivity index (χ1n) is 5.24. The highest BCUT2D eigenvalue weighted by Gasteiger charge is 2.30. The molecule has 0 aliphatic rings. The molecule has 1 aromatic heterocycles. The fourth-order valence-corrected chi connectivity index (χ4v) is 2.00. The number of alkyl halides is 3. The molecule has 1 heterocycles. The van der Waals surface area contributed by atoms with Crippen LogP contribution in [0.15, 0.2) is 30.5 Å². The number of aromatic nitrogens is 1. The molecule has 0 unspecified atom stereocenters. The summed E-state index contributed by atoms with van der Waals surface area (Å²) in [5.74, 6) is -0.713. The van der Waals surface area contributed by atoms with Gasteiger partial charge in [0.2, 0.25) is 0 Å². The van der Waals surface area contributed by atoms with Crippen LogP contribution in [0.5, 0.6) is 0 Å². The van der Waals surface area contributed by atoms with E-state index in [-0.39, 0.29) is 10.7 Å². The van der Waals surface area contributed by atoms with E-state index in [0.29, 0.717) is 4.88 Å². The fraction of sp³-hybridized carbons (Fsp3) is 0.0833. The number of thiazole rings is 1. The third-order valence-electron chi connectivity index (χ3n) is 2.29. The molecule has 8 heteroatoms. The van der Waals surface area contributed by atoms with Gasteiger partial charge in [0.15, 0.2) is 5.13 Å². The summed E-state index contributed by atoms with van der Waals surface area (Å²) in [7, 11) is 0. The van der Waals surface area contributed by atoms with Gasteiger partial charge in [0.05, 0.1) is 11.8 Å². The second kappa shape index (κ2) is 5.30. The van der Waals surface area contributed by atoms with Crippen LogP contribution in [0.1, 0.15) is 20.8 Å². The largest absolute Gasteiger partial charge is 0.416 e. The zero-order valence-corrected chi connectivity index (χ0v) is 10.5. The van der Waals surface area contributed by atoms with E-state index in [1.807, 2.05) is 6.07 Å². The number of hydrogen-bond donors (Lipinski definition) is 1.